The highest BCUT2D eigenvalue weighted by Crippen LogP contribution is 2.41. The lowest BCUT2D eigenvalue weighted by atomic mass is 9.96. The highest BCUT2D eigenvalue weighted by Gasteiger charge is 2.53. The maximum atomic E-state index is 13.0. The number of aliphatic hydroxyl groups is 1. The number of ether oxygens (including phenoxy) is 1. The van der Waals surface area contributed by atoms with Crippen molar-refractivity contribution in [3.8, 4) is 5.75 Å². The molecule has 0 saturated heterocycles. The van der Waals surface area contributed by atoms with Gasteiger partial charge in [-0.2, -0.15) is 23.3 Å². The molecule has 0 fully saturated rings. The van der Waals surface area contributed by atoms with Gasteiger partial charge in [0.05, 0.1) is 13.5 Å². The van der Waals surface area contributed by atoms with Crippen LogP contribution in [0, 0.1) is 5.92 Å². The molecule has 0 aromatic heterocycles. The van der Waals surface area contributed by atoms with E-state index in [0.717, 1.165) is 0 Å². The Morgan fingerprint density at radius 2 is 2.09 bits per heavy atom. The van der Waals surface area contributed by atoms with Crippen molar-refractivity contribution in [3.05, 3.63) is 29.8 Å². The second-order valence-corrected chi connectivity index (χ2v) is 5.57. The van der Waals surface area contributed by atoms with E-state index in [4.69, 9.17) is 4.74 Å². The van der Waals surface area contributed by atoms with Crippen LogP contribution in [-0.4, -0.2) is 35.0 Å². The second-order valence-electron chi connectivity index (χ2n) is 5.57. The zero-order chi connectivity index (χ0) is 17.4. The minimum absolute atomic E-state index is 0.105. The van der Waals surface area contributed by atoms with Gasteiger partial charge in [0, 0.05) is 11.5 Å². The van der Waals surface area contributed by atoms with Crippen molar-refractivity contribution < 1.29 is 27.8 Å². The summed E-state index contributed by atoms with van der Waals surface area (Å²) in [6.07, 6.45) is -5.55. The number of benzene rings is 1. The Morgan fingerprint density at radius 3 is 2.61 bits per heavy atom. The number of hydrogen-bond donors (Lipinski definition) is 1. The highest BCUT2D eigenvalue weighted by atomic mass is 19.4. The van der Waals surface area contributed by atoms with Gasteiger partial charge in [-0.3, -0.25) is 4.79 Å². The summed E-state index contributed by atoms with van der Waals surface area (Å²) in [6.45, 7) is 3.05. The Balaban J connectivity index is 2.51. The number of carbonyl (C=O) groups is 1. The van der Waals surface area contributed by atoms with E-state index >= 15 is 0 Å². The number of halogens is 3. The number of nitrogens with zero attached hydrogens (tertiary/aromatic N) is 2. The first-order chi connectivity index (χ1) is 10.6. The topological polar surface area (TPSA) is 62.1 Å². The van der Waals surface area contributed by atoms with E-state index in [2.05, 4.69) is 5.10 Å². The summed E-state index contributed by atoms with van der Waals surface area (Å²) < 4.78 is 44.0. The van der Waals surface area contributed by atoms with Crippen LogP contribution in [0.15, 0.2) is 29.4 Å². The predicted octanol–water partition coefficient (Wildman–Crippen LogP) is 2.65. The molecule has 1 aromatic rings. The van der Waals surface area contributed by atoms with E-state index in [0.29, 0.717) is 10.8 Å². The Labute approximate surface area is 131 Å². The lowest BCUT2D eigenvalue weighted by Gasteiger charge is -2.32. The van der Waals surface area contributed by atoms with Crippen LogP contribution in [0.25, 0.3) is 0 Å². The maximum Gasteiger partial charge on any atom is 0.431 e. The van der Waals surface area contributed by atoms with Gasteiger partial charge >= 0.3 is 6.18 Å². The number of hydrogen-bond acceptors (Lipinski definition) is 4. The Bertz CT molecular complexity index is 643. The van der Waals surface area contributed by atoms with Crippen LogP contribution < -0.4 is 4.74 Å². The molecule has 0 aliphatic carbocycles. The first-order valence-electron chi connectivity index (χ1n) is 6.95. The lowest BCUT2D eigenvalue weighted by molar-refractivity contribution is -0.161. The molecule has 5 nitrogen and oxygen atoms in total. The zero-order valence-corrected chi connectivity index (χ0v) is 12.9. The molecule has 1 unspecified atom stereocenters. The largest absolute Gasteiger partial charge is 0.497 e. The fourth-order valence-corrected chi connectivity index (χ4v) is 2.28. The fraction of sp³-hybridized carbons (Fsp3) is 0.467. The first-order valence-corrected chi connectivity index (χ1v) is 6.95. The summed E-state index contributed by atoms with van der Waals surface area (Å²) in [5.74, 6) is -0.966. The van der Waals surface area contributed by atoms with Crippen LogP contribution in [0.4, 0.5) is 13.2 Å². The quantitative estimate of drug-likeness (QED) is 0.927. The third-order valence-corrected chi connectivity index (χ3v) is 3.55. The van der Waals surface area contributed by atoms with Crippen LogP contribution in [0.5, 0.6) is 5.75 Å². The number of carbonyl (C=O) groups excluding carboxylic acids is 1. The number of amides is 1. The molecule has 8 heteroatoms. The Hall–Kier alpha value is -2.09. The summed E-state index contributed by atoms with van der Waals surface area (Å²) in [5, 5.41) is 14.7. The third-order valence-electron chi connectivity index (χ3n) is 3.55. The van der Waals surface area contributed by atoms with E-state index in [1.54, 1.807) is 6.07 Å². The van der Waals surface area contributed by atoms with Crippen LogP contribution in [-0.2, 0) is 10.5 Å². The van der Waals surface area contributed by atoms with Crippen molar-refractivity contribution in [2.45, 2.75) is 32.2 Å². The van der Waals surface area contributed by atoms with Gasteiger partial charge < -0.3 is 9.84 Å². The van der Waals surface area contributed by atoms with Gasteiger partial charge in [0.25, 0.3) is 0 Å². The normalized spacial score (nSPS) is 21.6. The number of methoxy groups -OCH3 is 1. The average molecular weight is 330 g/mol. The minimum Gasteiger partial charge on any atom is -0.497 e. The Kier molecular flexibility index (Phi) is 4.39. The van der Waals surface area contributed by atoms with Crippen LogP contribution in [0.3, 0.4) is 0 Å². The minimum atomic E-state index is -4.72. The van der Waals surface area contributed by atoms with Crippen molar-refractivity contribution in [2.75, 3.05) is 7.11 Å². The number of rotatable bonds is 3. The molecule has 1 aliphatic heterocycles. The van der Waals surface area contributed by atoms with Crippen LogP contribution in [0.2, 0.25) is 0 Å². The maximum absolute atomic E-state index is 13.0. The molecule has 0 radical (unpaired) electrons. The van der Waals surface area contributed by atoms with Gasteiger partial charge in [0.15, 0.2) is 5.72 Å². The summed E-state index contributed by atoms with van der Waals surface area (Å²) >= 11 is 0. The molecule has 1 amide bonds. The first kappa shape index (κ1) is 17.3. The van der Waals surface area contributed by atoms with Crippen molar-refractivity contribution in [1.82, 2.24) is 5.01 Å². The number of hydrazone groups is 1. The summed E-state index contributed by atoms with van der Waals surface area (Å²) in [6, 6.07) is 5.92. The van der Waals surface area contributed by atoms with Crippen LogP contribution >= 0.6 is 0 Å². The van der Waals surface area contributed by atoms with Crippen LogP contribution in [0.1, 0.15) is 25.8 Å². The Morgan fingerprint density at radius 1 is 1.43 bits per heavy atom. The van der Waals surface area contributed by atoms with E-state index in [-0.39, 0.29) is 5.56 Å². The van der Waals surface area contributed by atoms with E-state index in [1.165, 1.54) is 39.2 Å². The van der Waals surface area contributed by atoms with Gasteiger partial charge in [0.2, 0.25) is 5.91 Å². The van der Waals surface area contributed by atoms with Gasteiger partial charge in [-0.05, 0) is 12.1 Å². The molecular formula is C15H17F3N2O3. The zero-order valence-electron chi connectivity index (χ0n) is 12.9. The van der Waals surface area contributed by atoms with E-state index in [9.17, 15) is 23.1 Å². The third kappa shape index (κ3) is 3.17. The van der Waals surface area contributed by atoms with Crippen molar-refractivity contribution in [2.24, 2.45) is 11.0 Å². The second kappa shape index (κ2) is 5.84. The molecule has 0 bridgehead atoms. The molecule has 0 saturated carbocycles. The van der Waals surface area contributed by atoms with Crippen molar-refractivity contribution in [1.29, 1.82) is 0 Å². The molecule has 23 heavy (non-hydrogen) atoms. The predicted molar refractivity (Wildman–Crippen MR) is 76.7 cm³/mol. The standard InChI is InChI=1S/C15H17F3N2O3/c1-9(2)13(21)20-14(22,8-12(19-20)15(16,17)18)10-5-4-6-11(7-10)23-3/h4-7,9,22H,8H2,1-3H3. The SMILES string of the molecule is COc1cccc(C2(O)CC(C(F)(F)F)=NN2C(=O)C(C)C)c1. The van der Waals surface area contributed by atoms with Gasteiger partial charge in [-0.25, -0.2) is 0 Å². The van der Waals surface area contributed by atoms with Gasteiger partial charge in [0.1, 0.15) is 11.5 Å². The summed E-state index contributed by atoms with van der Waals surface area (Å²) in [5.41, 5.74) is -3.29. The fourth-order valence-electron chi connectivity index (χ4n) is 2.28. The van der Waals surface area contributed by atoms with Crippen molar-refractivity contribution >= 4 is 11.6 Å². The number of alkyl halides is 3. The van der Waals surface area contributed by atoms with E-state index in [1.807, 2.05) is 0 Å². The molecule has 126 valence electrons. The molecule has 1 aromatic carbocycles. The molecular weight excluding hydrogens is 313 g/mol. The highest BCUT2D eigenvalue weighted by molar-refractivity contribution is 5.94. The molecule has 2 rings (SSSR count). The smallest absolute Gasteiger partial charge is 0.431 e. The van der Waals surface area contributed by atoms with E-state index < -0.39 is 35.9 Å². The summed E-state index contributed by atoms with van der Waals surface area (Å²) in [4.78, 5) is 12.2. The average Bonchev–Trinajstić information content (AvgIpc) is 2.85. The molecule has 1 atom stereocenters. The van der Waals surface area contributed by atoms with Gasteiger partial charge in [-0.1, -0.05) is 26.0 Å². The molecule has 0 spiro atoms. The van der Waals surface area contributed by atoms with Crippen molar-refractivity contribution in [3.63, 3.8) is 0 Å². The lowest BCUT2D eigenvalue weighted by Crippen LogP contribution is -2.45. The molecule has 1 heterocycles. The molecule has 1 N–H and O–H groups in total. The monoisotopic (exact) mass is 330 g/mol. The molecule has 1 aliphatic rings. The van der Waals surface area contributed by atoms with Gasteiger partial charge in [-0.15, -0.1) is 0 Å². The summed E-state index contributed by atoms with van der Waals surface area (Å²) in [7, 11) is 1.40.